The smallest absolute Gasteiger partial charge is 0.247 e. The molecule has 2 aromatic heterocycles. The Hall–Kier alpha value is -3.08. The number of anilines is 2. The van der Waals surface area contributed by atoms with Gasteiger partial charge < -0.3 is 5.32 Å². The van der Waals surface area contributed by atoms with Gasteiger partial charge in [-0.05, 0) is 42.0 Å². The highest BCUT2D eigenvalue weighted by molar-refractivity contribution is 7.91. The summed E-state index contributed by atoms with van der Waals surface area (Å²) in [5.74, 6) is 0.925. The van der Waals surface area contributed by atoms with Crippen LogP contribution < -0.4 is 5.32 Å². The van der Waals surface area contributed by atoms with E-state index in [4.69, 9.17) is 0 Å². The van der Waals surface area contributed by atoms with Gasteiger partial charge in [-0.1, -0.05) is 30.3 Å². The first-order valence-electron chi connectivity index (χ1n) is 10.9. The molecule has 1 aliphatic heterocycles. The van der Waals surface area contributed by atoms with Crippen LogP contribution in [-0.2, 0) is 27.2 Å². The van der Waals surface area contributed by atoms with Crippen LogP contribution in [0.2, 0.25) is 0 Å². The largest absolute Gasteiger partial charge is 0.323 e. The normalized spacial score (nSPS) is 17.0. The van der Waals surface area contributed by atoms with Crippen LogP contribution in [0, 0.1) is 0 Å². The summed E-state index contributed by atoms with van der Waals surface area (Å²) in [6.45, 7) is 1.82. The van der Waals surface area contributed by atoms with E-state index >= 15 is 0 Å². The van der Waals surface area contributed by atoms with Crippen LogP contribution in [0.4, 0.5) is 11.6 Å². The second kappa shape index (κ2) is 9.28. The number of hydrogen-bond acceptors (Lipinski definition) is 7. The second-order valence-electron chi connectivity index (χ2n) is 8.35. The Morgan fingerprint density at radius 1 is 1.00 bits per heavy atom. The fraction of sp³-hybridized carbons (Fsp3) is 0.250. The van der Waals surface area contributed by atoms with E-state index in [9.17, 15) is 12.6 Å². The number of benzene rings is 2. The minimum atomic E-state index is -2.89. The summed E-state index contributed by atoms with van der Waals surface area (Å²) in [5, 5.41) is 7.95. The monoisotopic (exact) mass is 495 g/mol. The Balaban J connectivity index is 1.35. The highest BCUT2D eigenvalue weighted by Gasteiger charge is 2.21. The minimum absolute atomic E-state index is 0.220. The van der Waals surface area contributed by atoms with E-state index in [1.54, 1.807) is 10.8 Å². The maximum absolute atomic E-state index is 11.7. The molecule has 2 aromatic carbocycles. The summed E-state index contributed by atoms with van der Waals surface area (Å²) in [6.07, 6.45) is 1.66. The predicted molar refractivity (Wildman–Crippen MR) is 134 cm³/mol. The van der Waals surface area contributed by atoms with E-state index in [2.05, 4.69) is 20.3 Å². The van der Waals surface area contributed by atoms with Crippen molar-refractivity contribution < 1.29 is 12.6 Å². The molecule has 0 saturated carbocycles. The Morgan fingerprint density at radius 3 is 2.47 bits per heavy atom. The molecule has 0 radical (unpaired) electrons. The Morgan fingerprint density at radius 2 is 1.74 bits per heavy atom. The lowest BCUT2D eigenvalue weighted by Gasteiger charge is -2.26. The van der Waals surface area contributed by atoms with E-state index in [1.165, 1.54) is 0 Å². The Labute approximate surface area is 201 Å². The fourth-order valence-corrected chi connectivity index (χ4v) is 5.83. The molecule has 1 aliphatic rings. The molecule has 0 spiro atoms. The minimum Gasteiger partial charge on any atom is -0.323 e. The average molecular weight is 496 g/mol. The van der Waals surface area contributed by atoms with Gasteiger partial charge in [0.15, 0.2) is 15.5 Å². The van der Waals surface area contributed by atoms with Gasteiger partial charge in [-0.2, -0.15) is 4.98 Å². The molecule has 1 fully saturated rings. The van der Waals surface area contributed by atoms with E-state index in [-0.39, 0.29) is 11.5 Å². The molecule has 1 saturated heterocycles. The molecule has 8 nitrogen and oxygen atoms in total. The van der Waals surface area contributed by atoms with Crippen LogP contribution in [0.25, 0.3) is 16.9 Å². The van der Waals surface area contributed by atoms with Gasteiger partial charge in [0, 0.05) is 52.8 Å². The van der Waals surface area contributed by atoms with Gasteiger partial charge in [-0.3, -0.25) is 9.11 Å². The molecule has 176 valence electrons. The molecule has 5 rings (SSSR count). The third-order valence-corrected chi connectivity index (χ3v) is 8.41. The molecule has 4 aromatic rings. The fourth-order valence-electron chi connectivity index (χ4n) is 4.04. The summed E-state index contributed by atoms with van der Waals surface area (Å²) >= 11 is 0. The molecule has 1 N–H and O–H groups in total. The lowest BCUT2D eigenvalue weighted by Crippen LogP contribution is -2.39. The highest BCUT2D eigenvalue weighted by atomic mass is 32.2. The molecule has 3 heterocycles. The number of hydrogen-bond donors (Lipinski definition) is 1. The van der Waals surface area contributed by atoms with Crippen LogP contribution in [0.5, 0.6) is 0 Å². The van der Waals surface area contributed by atoms with Crippen LogP contribution in [0.3, 0.4) is 0 Å². The van der Waals surface area contributed by atoms with Crippen LogP contribution in [-0.4, -0.2) is 63.0 Å². The van der Waals surface area contributed by atoms with E-state index in [0.717, 1.165) is 27.4 Å². The molecule has 34 heavy (non-hydrogen) atoms. The summed E-state index contributed by atoms with van der Waals surface area (Å²) in [5.41, 5.74) is 4.53. The molecule has 0 bridgehead atoms. The maximum Gasteiger partial charge on any atom is 0.247 e. The second-order valence-corrected chi connectivity index (χ2v) is 12.0. The molecule has 0 amide bonds. The maximum atomic E-state index is 11.7. The van der Waals surface area contributed by atoms with Crippen molar-refractivity contribution in [3.63, 3.8) is 0 Å². The van der Waals surface area contributed by atoms with Crippen molar-refractivity contribution in [3.8, 4) is 11.3 Å². The molecule has 1 unspecified atom stereocenters. The van der Waals surface area contributed by atoms with Crippen LogP contribution >= 0.6 is 0 Å². The number of fused-ring (bicyclic) bond motifs is 1. The summed E-state index contributed by atoms with van der Waals surface area (Å²) in [7, 11) is -3.91. The first-order valence-corrected chi connectivity index (χ1v) is 14.3. The van der Waals surface area contributed by atoms with E-state index in [0.29, 0.717) is 31.2 Å². The quantitative estimate of drug-likeness (QED) is 0.439. The van der Waals surface area contributed by atoms with Crippen molar-refractivity contribution in [2.24, 2.45) is 0 Å². The van der Waals surface area contributed by atoms with E-state index in [1.807, 2.05) is 66.7 Å². The average Bonchev–Trinajstić information content (AvgIpc) is 3.23. The predicted octanol–water partition coefficient (Wildman–Crippen LogP) is 3.11. The molecule has 0 aliphatic carbocycles. The number of nitrogens with one attached hydrogen (secondary N) is 1. The number of aromatic nitrogens is 3. The number of rotatable bonds is 6. The van der Waals surface area contributed by atoms with E-state index < -0.39 is 20.6 Å². The van der Waals surface area contributed by atoms with Crippen molar-refractivity contribution >= 4 is 37.9 Å². The topological polar surface area (TPSA) is 96.7 Å². The third kappa shape index (κ3) is 5.03. The van der Waals surface area contributed by atoms with Gasteiger partial charge in [-0.15, -0.1) is 5.10 Å². The number of nitrogens with zero attached hydrogens (tertiary/aromatic N) is 4. The van der Waals surface area contributed by atoms with Gasteiger partial charge >= 0.3 is 0 Å². The summed E-state index contributed by atoms with van der Waals surface area (Å²) in [6, 6.07) is 21.4. The van der Waals surface area contributed by atoms with Crippen molar-refractivity contribution in [1.82, 2.24) is 19.5 Å². The first-order chi connectivity index (χ1) is 16.4. The number of sulfone groups is 1. The van der Waals surface area contributed by atoms with Crippen molar-refractivity contribution in [2.75, 3.05) is 36.2 Å². The zero-order valence-electron chi connectivity index (χ0n) is 18.7. The molecular weight excluding hydrogens is 470 g/mol. The third-order valence-electron chi connectivity index (χ3n) is 5.87. The zero-order valence-corrected chi connectivity index (χ0v) is 20.3. The van der Waals surface area contributed by atoms with Crippen molar-refractivity contribution in [3.05, 3.63) is 72.3 Å². The lowest BCUT2D eigenvalue weighted by atomic mass is 10.1. The lowest BCUT2D eigenvalue weighted by molar-refractivity contribution is 0.288. The Kier molecular flexibility index (Phi) is 6.20. The van der Waals surface area contributed by atoms with Crippen molar-refractivity contribution in [1.29, 1.82) is 0 Å². The SMILES string of the molecule is CS(=O)c1ccc(-c2cccc3nc(Nc4cccc(CN5CCS(=O)(=O)CC5)c4)nn23)cc1. The summed E-state index contributed by atoms with van der Waals surface area (Å²) in [4.78, 5) is 7.56. The summed E-state index contributed by atoms with van der Waals surface area (Å²) < 4.78 is 36.8. The van der Waals surface area contributed by atoms with Gasteiger partial charge in [0.2, 0.25) is 5.95 Å². The Bertz CT molecular complexity index is 1450. The molecular formula is C24H25N5O3S2. The van der Waals surface area contributed by atoms with Gasteiger partial charge in [0.1, 0.15) is 0 Å². The molecule has 1 atom stereocenters. The van der Waals surface area contributed by atoms with Crippen LogP contribution in [0.1, 0.15) is 5.56 Å². The van der Waals surface area contributed by atoms with Crippen molar-refractivity contribution in [2.45, 2.75) is 11.4 Å². The zero-order chi connectivity index (χ0) is 23.7. The number of pyridine rings is 1. The van der Waals surface area contributed by atoms with Gasteiger partial charge in [0.25, 0.3) is 0 Å². The van der Waals surface area contributed by atoms with Gasteiger partial charge in [0.05, 0.1) is 17.2 Å². The van der Waals surface area contributed by atoms with Gasteiger partial charge in [-0.25, -0.2) is 12.9 Å². The highest BCUT2D eigenvalue weighted by Crippen LogP contribution is 2.23. The standard InChI is InChI=1S/C24H25N5O3S2/c1-33(30)21-10-8-19(9-11-21)22-6-3-7-23-26-24(27-29(22)23)25-20-5-2-4-18(16-20)17-28-12-14-34(31,32)15-13-28/h2-11,16H,12-15,17H2,1H3,(H,25,27). The molecule has 10 heteroatoms. The van der Waals surface area contributed by atoms with Crippen LogP contribution in [0.15, 0.2) is 71.6 Å². The first kappa shape index (κ1) is 22.7.